The van der Waals surface area contributed by atoms with E-state index in [-0.39, 0.29) is 22.7 Å². The molecule has 0 spiro atoms. The van der Waals surface area contributed by atoms with Gasteiger partial charge in [-0.3, -0.25) is 24.3 Å². The Morgan fingerprint density at radius 1 is 1.40 bits per heavy atom. The molecule has 0 fully saturated rings. The second kappa shape index (κ2) is 8.41. The molecule has 8 nitrogen and oxygen atoms in total. The highest BCUT2D eigenvalue weighted by molar-refractivity contribution is 7.99. The molecule has 3 aromatic rings. The monoisotopic (exact) mass is 442 g/mol. The summed E-state index contributed by atoms with van der Waals surface area (Å²) in [5, 5.41) is 14.8. The maximum absolute atomic E-state index is 13.1. The lowest BCUT2D eigenvalue weighted by molar-refractivity contribution is -0.383. The predicted octanol–water partition coefficient (Wildman–Crippen LogP) is 3.77. The zero-order valence-electron chi connectivity index (χ0n) is 15.9. The Kier molecular flexibility index (Phi) is 5.69. The average Bonchev–Trinajstić information content (AvgIpc) is 3.30. The lowest BCUT2D eigenvalue weighted by Crippen LogP contribution is -2.24. The summed E-state index contributed by atoms with van der Waals surface area (Å²) < 4.78 is 1.53. The van der Waals surface area contributed by atoms with Gasteiger partial charge in [-0.05, 0) is 30.9 Å². The Bertz CT molecular complexity index is 1230. The number of anilines is 1. The topological polar surface area (TPSA) is 107 Å². The number of nitrogens with one attached hydrogen (secondary N) is 1. The second-order valence-corrected chi connectivity index (χ2v) is 8.77. The van der Waals surface area contributed by atoms with Crippen LogP contribution in [-0.2, 0) is 24.2 Å². The van der Waals surface area contributed by atoms with Crippen molar-refractivity contribution in [3.63, 3.8) is 0 Å². The normalized spacial score (nSPS) is 12.7. The minimum absolute atomic E-state index is 0.0355. The van der Waals surface area contributed by atoms with Gasteiger partial charge in [-0.15, -0.1) is 17.9 Å². The Labute approximate surface area is 179 Å². The largest absolute Gasteiger partial charge is 0.320 e. The molecule has 1 amide bonds. The van der Waals surface area contributed by atoms with Gasteiger partial charge >= 0.3 is 0 Å². The highest BCUT2D eigenvalue weighted by atomic mass is 32.2. The molecule has 154 valence electrons. The van der Waals surface area contributed by atoms with Crippen molar-refractivity contribution in [2.75, 3.05) is 11.1 Å². The summed E-state index contributed by atoms with van der Waals surface area (Å²) >= 11 is 2.67. The second-order valence-electron chi connectivity index (χ2n) is 6.75. The Morgan fingerprint density at radius 2 is 2.20 bits per heavy atom. The zero-order chi connectivity index (χ0) is 21.3. The number of benzene rings is 1. The number of carbonyl (C=O) groups is 1. The molecule has 0 saturated heterocycles. The molecule has 4 rings (SSSR count). The maximum Gasteiger partial charge on any atom is 0.292 e. The number of nitrogens with zero attached hydrogens (tertiary/aromatic N) is 3. The summed E-state index contributed by atoms with van der Waals surface area (Å²) in [5.41, 5.74) is 0.957. The molecule has 0 bridgehead atoms. The average molecular weight is 443 g/mol. The van der Waals surface area contributed by atoms with E-state index in [0.29, 0.717) is 21.9 Å². The molecule has 1 aliphatic carbocycles. The molecule has 1 aromatic carbocycles. The van der Waals surface area contributed by atoms with E-state index in [2.05, 4.69) is 16.9 Å². The molecule has 0 radical (unpaired) electrons. The first-order valence-electron chi connectivity index (χ1n) is 9.31. The van der Waals surface area contributed by atoms with Crippen LogP contribution in [-0.4, -0.2) is 26.1 Å². The standard InChI is InChI=1S/C20H18N4O4S2/c1-2-10-23-19(26)17-12-6-5-9-15(12)30-18(17)22-20(23)29-11-16(25)21-13-7-3-4-8-14(13)24(27)28/h2-4,7-8H,1,5-6,9-11H2,(H,21,25). The van der Waals surface area contributed by atoms with Crippen LogP contribution < -0.4 is 10.9 Å². The van der Waals surface area contributed by atoms with Crippen LogP contribution in [0, 0.1) is 10.1 Å². The van der Waals surface area contributed by atoms with E-state index in [1.165, 1.54) is 27.6 Å². The third-order valence-electron chi connectivity index (χ3n) is 4.81. The van der Waals surface area contributed by atoms with Crippen LogP contribution in [0.5, 0.6) is 0 Å². The van der Waals surface area contributed by atoms with Crippen molar-refractivity contribution in [1.29, 1.82) is 0 Å². The summed E-state index contributed by atoms with van der Waals surface area (Å²) in [6.07, 6.45) is 4.54. The first-order valence-corrected chi connectivity index (χ1v) is 11.1. The van der Waals surface area contributed by atoms with E-state index in [1.807, 2.05) is 0 Å². The molecule has 10 heteroatoms. The van der Waals surface area contributed by atoms with Crippen molar-refractivity contribution in [2.45, 2.75) is 31.0 Å². The van der Waals surface area contributed by atoms with Crippen LogP contribution in [0.15, 0.2) is 46.9 Å². The number of aryl methyl sites for hydroxylation is 2. The molecule has 2 aromatic heterocycles. The number of aromatic nitrogens is 2. The van der Waals surface area contributed by atoms with Gasteiger partial charge in [0, 0.05) is 17.5 Å². The van der Waals surface area contributed by atoms with Crippen LogP contribution in [0.4, 0.5) is 11.4 Å². The van der Waals surface area contributed by atoms with Crippen molar-refractivity contribution >= 4 is 50.6 Å². The van der Waals surface area contributed by atoms with Crippen LogP contribution in [0.1, 0.15) is 16.9 Å². The lowest BCUT2D eigenvalue weighted by Gasteiger charge is -2.11. The molecule has 0 saturated carbocycles. The van der Waals surface area contributed by atoms with Gasteiger partial charge in [0.2, 0.25) is 5.91 Å². The van der Waals surface area contributed by atoms with Gasteiger partial charge in [-0.1, -0.05) is 30.0 Å². The third kappa shape index (κ3) is 3.75. The number of carbonyl (C=O) groups excluding carboxylic acids is 1. The van der Waals surface area contributed by atoms with E-state index in [9.17, 15) is 19.7 Å². The lowest BCUT2D eigenvalue weighted by atomic mass is 10.2. The number of thiophene rings is 1. The van der Waals surface area contributed by atoms with Gasteiger partial charge in [0.05, 0.1) is 16.1 Å². The fraction of sp³-hybridized carbons (Fsp3) is 0.250. The van der Waals surface area contributed by atoms with E-state index in [1.54, 1.807) is 23.5 Å². The predicted molar refractivity (Wildman–Crippen MR) is 119 cm³/mol. The highest BCUT2D eigenvalue weighted by Gasteiger charge is 2.23. The van der Waals surface area contributed by atoms with Crippen LogP contribution in [0.3, 0.4) is 0 Å². The molecule has 0 atom stereocenters. The van der Waals surface area contributed by atoms with Crippen molar-refractivity contribution in [2.24, 2.45) is 0 Å². The number of fused-ring (bicyclic) bond motifs is 3. The van der Waals surface area contributed by atoms with E-state index >= 15 is 0 Å². The molecule has 0 unspecified atom stereocenters. The van der Waals surface area contributed by atoms with Gasteiger partial charge in [-0.2, -0.15) is 0 Å². The number of para-hydroxylation sites is 2. The van der Waals surface area contributed by atoms with Gasteiger partial charge in [0.1, 0.15) is 10.5 Å². The minimum atomic E-state index is -0.546. The summed E-state index contributed by atoms with van der Waals surface area (Å²) in [4.78, 5) is 42.7. The fourth-order valence-electron chi connectivity index (χ4n) is 3.51. The SMILES string of the molecule is C=CCn1c(SCC(=O)Nc2ccccc2[N+](=O)[O-])nc2sc3c(c2c1=O)CCC3. The van der Waals surface area contributed by atoms with Crippen LogP contribution >= 0.6 is 23.1 Å². The van der Waals surface area contributed by atoms with Crippen molar-refractivity contribution < 1.29 is 9.72 Å². The highest BCUT2D eigenvalue weighted by Crippen LogP contribution is 2.35. The third-order valence-corrected chi connectivity index (χ3v) is 6.97. The number of nitro groups is 1. The van der Waals surface area contributed by atoms with Crippen molar-refractivity contribution in [3.8, 4) is 0 Å². The first kappa shape index (κ1) is 20.3. The fourth-order valence-corrected chi connectivity index (χ4v) is 5.62. The molecule has 1 aliphatic rings. The van der Waals surface area contributed by atoms with E-state index in [4.69, 9.17) is 0 Å². The van der Waals surface area contributed by atoms with Gasteiger partial charge in [0.25, 0.3) is 11.2 Å². The Morgan fingerprint density at radius 3 is 2.97 bits per heavy atom. The summed E-state index contributed by atoms with van der Waals surface area (Å²) in [5.74, 6) is -0.450. The van der Waals surface area contributed by atoms with Crippen LogP contribution in [0.25, 0.3) is 10.2 Å². The number of hydrogen-bond donors (Lipinski definition) is 1. The number of hydrogen-bond acceptors (Lipinski definition) is 7. The quantitative estimate of drug-likeness (QED) is 0.196. The summed E-state index contributed by atoms with van der Waals surface area (Å²) in [7, 11) is 0. The number of allylic oxidation sites excluding steroid dienone is 1. The molecule has 0 aliphatic heterocycles. The van der Waals surface area contributed by atoms with Crippen LogP contribution in [0.2, 0.25) is 0 Å². The van der Waals surface area contributed by atoms with Gasteiger partial charge in [-0.25, -0.2) is 4.98 Å². The molecular formula is C20H18N4O4S2. The van der Waals surface area contributed by atoms with E-state index in [0.717, 1.165) is 36.6 Å². The maximum atomic E-state index is 13.1. The number of thioether (sulfide) groups is 1. The number of nitro benzene ring substituents is 1. The van der Waals surface area contributed by atoms with Crippen molar-refractivity contribution in [3.05, 3.63) is 67.8 Å². The smallest absolute Gasteiger partial charge is 0.292 e. The van der Waals surface area contributed by atoms with Crippen molar-refractivity contribution in [1.82, 2.24) is 9.55 Å². The minimum Gasteiger partial charge on any atom is -0.320 e. The molecule has 2 heterocycles. The molecule has 30 heavy (non-hydrogen) atoms. The summed E-state index contributed by atoms with van der Waals surface area (Å²) in [6.45, 7) is 4.01. The molecular weight excluding hydrogens is 424 g/mol. The van der Waals surface area contributed by atoms with Gasteiger partial charge < -0.3 is 5.32 Å². The molecule has 1 N–H and O–H groups in total. The number of amides is 1. The Hall–Kier alpha value is -2.98. The summed E-state index contributed by atoms with van der Waals surface area (Å²) in [6, 6.07) is 5.96. The number of rotatable bonds is 7. The first-order chi connectivity index (χ1) is 14.5. The zero-order valence-corrected chi connectivity index (χ0v) is 17.6. The Balaban J connectivity index is 1.59. The van der Waals surface area contributed by atoms with Gasteiger partial charge in [0.15, 0.2) is 5.16 Å². The van der Waals surface area contributed by atoms with E-state index < -0.39 is 10.8 Å².